The summed E-state index contributed by atoms with van der Waals surface area (Å²) in [7, 11) is 1.82. The van der Waals surface area contributed by atoms with Crippen LogP contribution in [0.1, 0.15) is 101 Å². The third-order valence-electron chi connectivity index (χ3n) is 9.36. The number of fused-ring (bicyclic) bond motifs is 2. The molecule has 6 rings (SSSR count). The van der Waals surface area contributed by atoms with Crippen molar-refractivity contribution in [3.8, 4) is 28.0 Å². The van der Waals surface area contributed by atoms with Gasteiger partial charge < -0.3 is 4.74 Å². The number of ether oxygens (including phenoxy) is 1. The van der Waals surface area contributed by atoms with E-state index < -0.39 is 0 Å². The zero-order chi connectivity index (χ0) is 30.0. The van der Waals surface area contributed by atoms with Gasteiger partial charge in [0.05, 0.1) is 7.11 Å². The minimum atomic E-state index is -0.0597. The van der Waals surface area contributed by atoms with Crippen molar-refractivity contribution >= 4 is 12.2 Å². The standard InChI is InChI=1S/C41H44O/c1-25-22-32-30(27-18-20-29(21-19-27)40(3,4)5)16-13-17-31(32)36(25)37-26(2)23-33-34(37)24-35(41(6,7)8)39(42-9)38(33)28-14-11-10-12-15-28/h10-24,36-37H,1-9H3. The summed E-state index contributed by atoms with van der Waals surface area (Å²) in [5, 5.41) is 0. The highest BCUT2D eigenvalue weighted by Crippen LogP contribution is 2.57. The molecule has 0 fully saturated rings. The number of hydrogen-bond donors (Lipinski definition) is 0. The number of methoxy groups -OCH3 is 1. The zero-order valence-corrected chi connectivity index (χ0v) is 26.7. The van der Waals surface area contributed by atoms with Crippen molar-refractivity contribution < 1.29 is 4.74 Å². The molecular weight excluding hydrogens is 508 g/mol. The molecule has 0 amide bonds. The molecule has 4 aromatic carbocycles. The Hall–Kier alpha value is -3.84. The Balaban J connectivity index is 1.52. The second-order valence-electron chi connectivity index (χ2n) is 14.3. The Morgan fingerprint density at radius 3 is 1.81 bits per heavy atom. The van der Waals surface area contributed by atoms with Gasteiger partial charge in [0.1, 0.15) is 5.75 Å². The lowest BCUT2D eigenvalue weighted by Gasteiger charge is -2.30. The van der Waals surface area contributed by atoms with Gasteiger partial charge in [0, 0.05) is 23.0 Å². The van der Waals surface area contributed by atoms with Crippen LogP contribution in [0.2, 0.25) is 0 Å². The average Bonchev–Trinajstić information content (AvgIpc) is 3.45. The van der Waals surface area contributed by atoms with E-state index in [1.54, 1.807) is 0 Å². The van der Waals surface area contributed by atoms with Gasteiger partial charge in [-0.3, -0.25) is 0 Å². The van der Waals surface area contributed by atoms with E-state index in [1.807, 2.05) is 7.11 Å². The average molecular weight is 553 g/mol. The van der Waals surface area contributed by atoms with Gasteiger partial charge >= 0.3 is 0 Å². The van der Waals surface area contributed by atoms with Gasteiger partial charge in [0.15, 0.2) is 0 Å². The fourth-order valence-corrected chi connectivity index (χ4v) is 7.20. The molecule has 4 aromatic rings. The summed E-state index contributed by atoms with van der Waals surface area (Å²) >= 11 is 0. The first-order chi connectivity index (χ1) is 19.9. The van der Waals surface area contributed by atoms with Crippen molar-refractivity contribution in [1.29, 1.82) is 0 Å². The van der Waals surface area contributed by atoms with E-state index in [-0.39, 0.29) is 16.7 Å². The van der Waals surface area contributed by atoms with E-state index in [9.17, 15) is 0 Å². The van der Waals surface area contributed by atoms with E-state index >= 15 is 0 Å². The second-order valence-corrected chi connectivity index (χ2v) is 14.3. The Morgan fingerprint density at radius 2 is 1.21 bits per heavy atom. The van der Waals surface area contributed by atoms with Crippen LogP contribution in [0.25, 0.3) is 34.4 Å². The predicted octanol–water partition coefficient (Wildman–Crippen LogP) is 11.3. The van der Waals surface area contributed by atoms with Crippen molar-refractivity contribution in [1.82, 2.24) is 0 Å². The molecule has 2 unspecified atom stereocenters. The number of benzene rings is 4. The van der Waals surface area contributed by atoms with E-state index in [2.05, 4.69) is 146 Å². The molecule has 0 aliphatic heterocycles. The molecule has 0 heterocycles. The predicted molar refractivity (Wildman–Crippen MR) is 180 cm³/mol. The molecule has 0 spiro atoms. The maximum absolute atomic E-state index is 6.21. The van der Waals surface area contributed by atoms with Crippen molar-refractivity contribution in [3.63, 3.8) is 0 Å². The van der Waals surface area contributed by atoms with E-state index in [1.165, 1.54) is 66.8 Å². The van der Waals surface area contributed by atoms with Crippen molar-refractivity contribution in [3.05, 3.63) is 123 Å². The first-order valence-electron chi connectivity index (χ1n) is 15.3. The number of hydrogen-bond acceptors (Lipinski definition) is 1. The monoisotopic (exact) mass is 552 g/mol. The Bertz CT molecular complexity index is 1720. The number of rotatable bonds is 4. The summed E-state index contributed by atoms with van der Waals surface area (Å²) in [5.74, 6) is 1.58. The molecule has 2 atom stereocenters. The first kappa shape index (κ1) is 28.3. The largest absolute Gasteiger partial charge is 0.496 e. The summed E-state index contributed by atoms with van der Waals surface area (Å²) in [4.78, 5) is 0. The lowest BCUT2D eigenvalue weighted by atomic mass is 9.74. The Labute approximate surface area is 253 Å². The van der Waals surface area contributed by atoms with Gasteiger partial charge in [-0.1, -0.05) is 144 Å². The van der Waals surface area contributed by atoms with E-state index in [4.69, 9.17) is 4.74 Å². The molecule has 0 N–H and O–H groups in total. The van der Waals surface area contributed by atoms with Gasteiger partial charge in [-0.15, -0.1) is 0 Å². The quantitative estimate of drug-likeness (QED) is 0.245. The van der Waals surface area contributed by atoms with Crippen LogP contribution in [-0.4, -0.2) is 7.11 Å². The summed E-state index contributed by atoms with van der Waals surface area (Å²) < 4.78 is 6.21. The smallest absolute Gasteiger partial charge is 0.131 e. The van der Waals surface area contributed by atoms with Crippen LogP contribution in [0.4, 0.5) is 0 Å². The van der Waals surface area contributed by atoms with Crippen LogP contribution >= 0.6 is 0 Å². The van der Waals surface area contributed by atoms with E-state index in [0.29, 0.717) is 5.92 Å². The third-order valence-corrected chi connectivity index (χ3v) is 9.36. The van der Waals surface area contributed by atoms with E-state index in [0.717, 1.165) is 5.75 Å². The van der Waals surface area contributed by atoms with Gasteiger partial charge in [0.2, 0.25) is 0 Å². The lowest BCUT2D eigenvalue weighted by molar-refractivity contribution is 0.399. The summed E-state index contributed by atoms with van der Waals surface area (Å²) in [5.41, 5.74) is 16.1. The molecule has 0 aromatic heterocycles. The molecular formula is C41H44O. The van der Waals surface area contributed by atoms with Crippen LogP contribution in [-0.2, 0) is 10.8 Å². The summed E-state index contributed by atoms with van der Waals surface area (Å²) in [6, 6.07) is 29.3. The zero-order valence-electron chi connectivity index (χ0n) is 26.7. The molecule has 0 saturated heterocycles. The molecule has 1 heteroatoms. The molecule has 0 bridgehead atoms. The fourth-order valence-electron chi connectivity index (χ4n) is 7.20. The maximum atomic E-state index is 6.21. The highest BCUT2D eigenvalue weighted by Gasteiger charge is 2.39. The highest BCUT2D eigenvalue weighted by molar-refractivity contribution is 5.89. The fraction of sp³-hybridized carbons (Fsp3) is 0.317. The van der Waals surface area contributed by atoms with Crippen molar-refractivity contribution in [2.75, 3.05) is 7.11 Å². The molecule has 214 valence electrons. The molecule has 1 nitrogen and oxygen atoms in total. The third kappa shape index (κ3) is 4.64. The minimum absolute atomic E-state index is 0.0597. The van der Waals surface area contributed by atoms with Gasteiger partial charge in [0.25, 0.3) is 0 Å². The Kier molecular flexibility index (Phi) is 6.84. The molecule has 2 aliphatic rings. The van der Waals surface area contributed by atoms with Crippen LogP contribution < -0.4 is 4.74 Å². The van der Waals surface area contributed by atoms with Crippen molar-refractivity contribution in [2.24, 2.45) is 0 Å². The van der Waals surface area contributed by atoms with Crippen LogP contribution in [0.15, 0.2) is 90.0 Å². The normalized spacial score (nSPS) is 17.9. The molecule has 0 radical (unpaired) electrons. The molecule has 0 saturated carbocycles. The summed E-state index contributed by atoms with van der Waals surface area (Å²) in [6.45, 7) is 18.4. The van der Waals surface area contributed by atoms with Gasteiger partial charge in [-0.25, -0.2) is 0 Å². The Morgan fingerprint density at radius 1 is 0.595 bits per heavy atom. The topological polar surface area (TPSA) is 9.23 Å². The first-order valence-corrected chi connectivity index (χ1v) is 15.3. The maximum Gasteiger partial charge on any atom is 0.131 e. The van der Waals surface area contributed by atoms with Crippen LogP contribution in [0, 0.1) is 0 Å². The lowest BCUT2D eigenvalue weighted by Crippen LogP contribution is -2.17. The summed E-state index contributed by atoms with van der Waals surface area (Å²) in [6.07, 6.45) is 4.88. The second kappa shape index (κ2) is 10.2. The highest BCUT2D eigenvalue weighted by atomic mass is 16.5. The van der Waals surface area contributed by atoms with Crippen LogP contribution in [0.5, 0.6) is 5.75 Å². The van der Waals surface area contributed by atoms with Gasteiger partial charge in [-0.05, 0) is 69.2 Å². The molecule has 2 aliphatic carbocycles. The van der Waals surface area contributed by atoms with Crippen LogP contribution in [0.3, 0.4) is 0 Å². The minimum Gasteiger partial charge on any atom is -0.496 e. The number of allylic oxidation sites excluding steroid dienone is 2. The molecule has 42 heavy (non-hydrogen) atoms. The SMILES string of the molecule is COc1c(C(C)(C)C)cc2c(c1-c1ccccc1)C=C(C)C2C1C(C)=Cc2c(-c3ccc(C(C)(C)C)cc3)cccc21. The van der Waals surface area contributed by atoms with Crippen molar-refractivity contribution in [2.45, 2.75) is 78.1 Å². The van der Waals surface area contributed by atoms with Gasteiger partial charge in [-0.2, -0.15) is 0 Å².